The average Bonchev–Trinajstić information content (AvgIpc) is 2.88. The predicted octanol–water partition coefficient (Wildman–Crippen LogP) is 1.83. The summed E-state index contributed by atoms with van der Waals surface area (Å²) in [6.45, 7) is 4.88. The first-order chi connectivity index (χ1) is 9.35. The molecule has 1 N–H and O–H groups in total. The fraction of sp³-hybridized carbons (Fsp3) is 0.769. The summed E-state index contributed by atoms with van der Waals surface area (Å²) in [5.74, 6) is 1.37. The standard InChI is InChI=1S/C13H21N5O/c1-2-14-11-15-12(18-8-3-4-9-18)17-13(16-11)19-10-6-5-7-10/h10H,2-9H2,1H3,(H,14,15,16,17). The topological polar surface area (TPSA) is 63.2 Å². The van der Waals surface area contributed by atoms with Gasteiger partial charge in [0.1, 0.15) is 6.10 Å². The highest BCUT2D eigenvalue weighted by atomic mass is 16.5. The highest BCUT2D eigenvalue weighted by Crippen LogP contribution is 2.25. The third-order valence-corrected chi connectivity index (χ3v) is 3.65. The Bertz CT molecular complexity index is 429. The van der Waals surface area contributed by atoms with E-state index in [0.717, 1.165) is 38.4 Å². The number of hydrogen-bond donors (Lipinski definition) is 1. The highest BCUT2D eigenvalue weighted by molar-refractivity contribution is 5.39. The first kappa shape index (κ1) is 12.4. The Balaban J connectivity index is 1.80. The minimum absolute atomic E-state index is 0.295. The Kier molecular flexibility index (Phi) is 3.66. The fourth-order valence-corrected chi connectivity index (χ4v) is 2.33. The molecule has 1 aromatic rings. The van der Waals surface area contributed by atoms with Gasteiger partial charge in [-0.25, -0.2) is 0 Å². The van der Waals surface area contributed by atoms with Crippen LogP contribution in [0.4, 0.5) is 11.9 Å². The van der Waals surface area contributed by atoms with E-state index in [4.69, 9.17) is 4.74 Å². The molecule has 0 bridgehead atoms. The van der Waals surface area contributed by atoms with E-state index in [2.05, 4.69) is 25.2 Å². The number of nitrogens with one attached hydrogen (secondary N) is 1. The van der Waals surface area contributed by atoms with Gasteiger partial charge in [0.05, 0.1) is 0 Å². The van der Waals surface area contributed by atoms with Crippen LogP contribution in [-0.2, 0) is 0 Å². The minimum Gasteiger partial charge on any atom is -0.460 e. The number of nitrogens with zero attached hydrogens (tertiary/aromatic N) is 4. The van der Waals surface area contributed by atoms with Crippen molar-refractivity contribution in [3.8, 4) is 6.01 Å². The lowest BCUT2D eigenvalue weighted by Crippen LogP contribution is -2.27. The van der Waals surface area contributed by atoms with Gasteiger partial charge in [-0.3, -0.25) is 0 Å². The summed E-state index contributed by atoms with van der Waals surface area (Å²) in [7, 11) is 0. The quantitative estimate of drug-likeness (QED) is 0.874. The first-order valence-corrected chi connectivity index (χ1v) is 7.26. The van der Waals surface area contributed by atoms with Crippen molar-refractivity contribution in [2.75, 3.05) is 29.9 Å². The predicted molar refractivity (Wildman–Crippen MR) is 73.7 cm³/mol. The summed E-state index contributed by atoms with van der Waals surface area (Å²) >= 11 is 0. The lowest BCUT2D eigenvalue weighted by molar-refractivity contribution is 0.108. The van der Waals surface area contributed by atoms with Crippen LogP contribution in [0.3, 0.4) is 0 Å². The lowest BCUT2D eigenvalue weighted by atomic mass is 9.96. The fourth-order valence-electron chi connectivity index (χ4n) is 2.33. The molecule has 0 spiro atoms. The van der Waals surface area contributed by atoms with Gasteiger partial charge in [0.2, 0.25) is 11.9 Å². The van der Waals surface area contributed by atoms with Gasteiger partial charge in [0.25, 0.3) is 0 Å². The van der Waals surface area contributed by atoms with Gasteiger partial charge in [0.15, 0.2) is 0 Å². The van der Waals surface area contributed by atoms with Crippen LogP contribution in [0.25, 0.3) is 0 Å². The van der Waals surface area contributed by atoms with E-state index in [9.17, 15) is 0 Å². The molecule has 0 aromatic carbocycles. The number of anilines is 2. The van der Waals surface area contributed by atoms with Crippen molar-refractivity contribution in [2.24, 2.45) is 0 Å². The monoisotopic (exact) mass is 263 g/mol. The van der Waals surface area contributed by atoms with Gasteiger partial charge >= 0.3 is 6.01 Å². The van der Waals surface area contributed by atoms with Crippen LogP contribution in [0.5, 0.6) is 6.01 Å². The van der Waals surface area contributed by atoms with Crippen LogP contribution >= 0.6 is 0 Å². The largest absolute Gasteiger partial charge is 0.460 e. The van der Waals surface area contributed by atoms with Crippen molar-refractivity contribution >= 4 is 11.9 Å². The molecule has 1 saturated heterocycles. The maximum atomic E-state index is 5.81. The third kappa shape index (κ3) is 2.88. The molecule has 2 heterocycles. The molecule has 0 amide bonds. The summed E-state index contributed by atoms with van der Waals surface area (Å²) in [5.41, 5.74) is 0. The number of hydrogen-bond acceptors (Lipinski definition) is 6. The van der Waals surface area contributed by atoms with Crippen LogP contribution in [0.15, 0.2) is 0 Å². The second-order valence-electron chi connectivity index (χ2n) is 5.14. The second kappa shape index (κ2) is 5.59. The van der Waals surface area contributed by atoms with E-state index in [1.807, 2.05) is 6.92 Å². The van der Waals surface area contributed by atoms with Gasteiger partial charge in [-0.1, -0.05) is 0 Å². The zero-order valence-electron chi connectivity index (χ0n) is 11.4. The van der Waals surface area contributed by atoms with Crippen LogP contribution in [0, 0.1) is 0 Å². The Morgan fingerprint density at radius 1 is 1.16 bits per heavy atom. The molecule has 0 radical (unpaired) electrons. The molecule has 3 rings (SSSR count). The van der Waals surface area contributed by atoms with Gasteiger partial charge in [-0.05, 0) is 39.0 Å². The van der Waals surface area contributed by atoms with Crippen LogP contribution in [-0.4, -0.2) is 40.7 Å². The van der Waals surface area contributed by atoms with Gasteiger partial charge in [-0.2, -0.15) is 15.0 Å². The van der Waals surface area contributed by atoms with Crippen molar-refractivity contribution in [3.63, 3.8) is 0 Å². The molecular weight excluding hydrogens is 242 g/mol. The molecule has 0 atom stereocenters. The molecule has 104 valence electrons. The normalized spacial score (nSPS) is 19.3. The molecular formula is C13H21N5O. The van der Waals surface area contributed by atoms with Crippen LogP contribution in [0.2, 0.25) is 0 Å². The van der Waals surface area contributed by atoms with Crippen molar-refractivity contribution < 1.29 is 4.74 Å². The van der Waals surface area contributed by atoms with Crippen LogP contribution in [0.1, 0.15) is 39.0 Å². The third-order valence-electron chi connectivity index (χ3n) is 3.65. The summed E-state index contributed by atoms with van der Waals surface area (Å²) in [6, 6.07) is 0.470. The van der Waals surface area contributed by atoms with Crippen LogP contribution < -0.4 is 15.0 Å². The maximum absolute atomic E-state index is 5.81. The number of rotatable bonds is 5. The minimum atomic E-state index is 0.295. The molecule has 2 aliphatic rings. The highest BCUT2D eigenvalue weighted by Gasteiger charge is 2.23. The van der Waals surface area contributed by atoms with Gasteiger partial charge < -0.3 is 15.0 Å². The molecule has 1 saturated carbocycles. The zero-order chi connectivity index (χ0) is 13.1. The van der Waals surface area contributed by atoms with Crippen molar-refractivity contribution in [2.45, 2.75) is 45.1 Å². The lowest BCUT2D eigenvalue weighted by Gasteiger charge is -2.25. The molecule has 6 nitrogen and oxygen atoms in total. The molecule has 19 heavy (non-hydrogen) atoms. The maximum Gasteiger partial charge on any atom is 0.323 e. The van der Waals surface area contributed by atoms with E-state index in [1.165, 1.54) is 19.3 Å². The Morgan fingerprint density at radius 3 is 2.58 bits per heavy atom. The molecule has 6 heteroatoms. The van der Waals surface area contributed by atoms with Gasteiger partial charge in [0, 0.05) is 19.6 Å². The van der Waals surface area contributed by atoms with Crippen molar-refractivity contribution in [1.29, 1.82) is 0 Å². The second-order valence-corrected chi connectivity index (χ2v) is 5.14. The van der Waals surface area contributed by atoms with E-state index in [1.54, 1.807) is 0 Å². The molecule has 1 aliphatic carbocycles. The molecule has 2 fully saturated rings. The first-order valence-electron chi connectivity index (χ1n) is 7.26. The van der Waals surface area contributed by atoms with E-state index >= 15 is 0 Å². The van der Waals surface area contributed by atoms with E-state index < -0.39 is 0 Å². The summed E-state index contributed by atoms with van der Waals surface area (Å²) < 4.78 is 5.81. The van der Waals surface area contributed by atoms with Crippen molar-refractivity contribution in [1.82, 2.24) is 15.0 Å². The Morgan fingerprint density at radius 2 is 1.95 bits per heavy atom. The van der Waals surface area contributed by atoms with E-state index in [-0.39, 0.29) is 0 Å². The Hall–Kier alpha value is -1.59. The smallest absolute Gasteiger partial charge is 0.323 e. The SMILES string of the molecule is CCNc1nc(OC2CCC2)nc(N2CCCC2)n1. The molecule has 0 unspecified atom stereocenters. The van der Waals surface area contributed by atoms with Crippen molar-refractivity contribution in [3.05, 3.63) is 0 Å². The molecule has 1 aliphatic heterocycles. The summed E-state index contributed by atoms with van der Waals surface area (Å²) in [5, 5.41) is 3.15. The Labute approximate surface area is 113 Å². The number of ether oxygens (including phenoxy) is 1. The summed E-state index contributed by atoms with van der Waals surface area (Å²) in [6.07, 6.45) is 6.18. The average molecular weight is 263 g/mol. The van der Waals surface area contributed by atoms with E-state index in [0.29, 0.717) is 18.1 Å². The summed E-state index contributed by atoms with van der Waals surface area (Å²) in [4.78, 5) is 15.5. The van der Waals surface area contributed by atoms with Gasteiger partial charge in [-0.15, -0.1) is 0 Å². The number of aromatic nitrogens is 3. The zero-order valence-corrected chi connectivity index (χ0v) is 11.4. The molecule has 1 aromatic heterocycles.